The molecule has 0 N–H and O–H groups in total. The quantitative estimate of drug-likeness (QED) is 0.630. The molecule has 2 heteroatoms. The van der Waals surface area contributed by atoms with E-state index in [2.05, 4.69) is 35.5 Å². The molecule has 0 amide bonds. The minimum atomic E-state index is 1.11. The molecular weight excluding hydrogens is 190 g/mol. The summed E-state index contributed by atoms with van der Waals surface area (Å²) in [6.07, 6.45) is 8.47. The third-order valence-corrected chi connectivity index (χ3v) is 3.57. The first-order valence-electron chi connectivity index (χ1n) is 5.28. The number of hydrogen-bond donors (Lipinski definition) is 0. The first kappa shape index (κ1) is 9.94. The van der Waals surface area contributed by atoms with Gasteiger partial charge in [-0.1, -0.05) is 12.2 Å². The van der Waals surface area contributed by atoms with E-state index in [9.17, 15) is 0 Å². The summed E-state index contributed by atoms with van der Waals surface area (Å²) in [4.78, 5) is 3.93. The Bertz CT molecular complexity index is 314. The third kappa shape index (κ3) is 2.46. The summed E-state index contributed by atoms with van der Waals surface area (Å²) in [5.74, 6) is 0. The molecule has 1 nitrogen and oxygen atoms in total. The second kappa shape index (κ2) is 4.76. The average molecular weight is 207 g/mol. The van der Waals surface area contributed by atoms with Crippen LogP contribution in [0.1, 0.15) is 29.7 Å². The zero-order chi connectivity index (χ0) is 9.80. The molecule has 1 aliphatic rings. The van der Waals surface area contributed by atoms with Crippen LogP contribution < -0.4 is 0 Å². The maximum Gasteiger partial charge on any atom is 0.0330 e. The van der Waals surface area contributed by atoms with Crippen LogP contribution in [-0.4, -0.2) is 18.5 Å². The summed E-state index contributed by atoms with van der Waals surface area (Å²) < 4.78 is 0. The molecule has 0 spiro atoms. The predicted molar refractivity (Wildman–Crippen MR) is 63.5 cm³/mol. The molecule has 0 aliphatic carbocycles. The van der Waals surface area contributed by atoms with E-state index >= 15 is 0 Å². The Labute approximate surface area is 90.1 Å². The monoisotopic (exact) mass is 207 g/mol. The Morgan fingerprint density at radius 3 is 3.21 bits per heavy atom. The molecule has 1 aromatic heterocycles. The second-order valence-corrected chi connectivity index (χ2v) is 4.94. The van der Waals surface area contributed by atoms with Crippen LogP contribution in [0.3, 0.4) is 0 Å². The first-order valence-corrected chi connectivity index (χ1v) is 6.15. The lowest BCUT2D eigenvalue weighted by Crippen LogP contribution is -2.19. The van der Waals surface area contributed by atoms with Crippen LogP contribution >= 0.6 is 11.3 Å². The largest absolute Gasteiger partial charge is 0.301 e. The third-order valence-electron chi connectivity index (χ3n) is 2.65. The van der Waals surface area contributed by atoms with Crippen molar-refractivity contribution in [2.45, 2.75) is 25.8 Å². The van der Waals surface area contributed by atoms with Gasteiger partial charge < -0.3 is 4.90 Å². The van der Waals surface area contributed by atoms with Crippen molar-refractivity contribution < 1.29 is 0 Å². The summed E-state index contributed by atoms with van der Waals surface area (Å²) in [6.45, 7) is 2.34. The molecule has 2 heterocycles. The Balaban J connectivity index is 2.18. The number of rotatable bonds is 0. The minimum Gasteiger partial charge on any atom is -0.301 e. The van der Waals surface area contributed by atoms with Gasteiger partial charge in [0.2, 0.25) is 0 Å². The van der Waals surface area contributed by atoms with Gasteiger partial charge in [-0.05, 0) is 49.9 Å². The molecule has 0 radical (unpaired) electrons. The van der Waals surface area contributed by atoms with E-state index < -0.39 is 0 Å². The van der Waals surface area contributed by atoms with E-state index in [1.54, 1.807) is 0 Å². The summed E-state index contributed by atoms with van der Waals surface area (Å²) >= 11 is 1.87. The lowest BCUT2D eigenvalue weighted by Gasteiger charge is -2.16. The van der Waals surface area contributed by atoms with Crippen LogP contribution in [0.5, 0.6) is 0 Å². The molecule has 14 heavy (non-hydrogen) atoms. The number of allylic oxidation sites excluding steroid dienone is 1. The highest BCUT2D eigenvalue weighted by Crippen LogP contribution is 2.21. The molecule has 1 aromatic rings. The number of hydrogen-bond acceptors (Lipinski definition) is 2. The Morgan fingerprint density at radius 1 is 1.36 bits per heavy atom. The molecule has 0 atom stereocenters. The standard InChI is InChI=1S/C12H17NS/c1-13-8-5-3-2-4-6-11-7-9-14-12(11)10-13/h4,6-7,9H,2-3,5,8,10H2,1H3/b6-4+. The zero-order valence-corrected chi connectivity index (χ0v) is 9.52. The normalized spacial score (nSPS) is 21.5. The van der Waals surface area contributed by atoms with Crippen LogP contribution in [0.2, 0.25) is 0 Å². The van der Waals surface area contributed by atoms with E-state index in [0.29, 0.717) is 0 Å². The lowest BCUT2D eigenvalue weighted by atomic mass is 10.1. The van der Waals surface area contributed by atoms with Crippen molar-refractivity contribution in [2.75, 3.05) is 13.6 Å². The molecule has 0 saturated heterocycles. The van der Waals surface area contributed by atoms with Crippen LogP contribution in [0.15, 0.2) is 17.5 Å². The molecule has 0 bridgehead atoms. The van der Waals surface area contributed by atoms with Gasteiger partial charge >= 0.3 is 0 Å². The van der Waals surface area contributed by atoms with Gasteiger partial charge in [-0.3, -0.25) is 0 Å². The van der Waals surface area contributed by atoms with Crippen molar-refractivity contribution in [2.24, 2.45) is 0 Å². The van der Waals surface area contributed by atoms with Crippen LogP contribution in [0, 0.1) is 0 Å². The van der Waals surface area contributed by atoms with Crippen molar-refractivity contribution in [3.05, 3.63) is 28.0 Å². The molecule has 0 fully saturated rings. The Kier molecular flexibility index (Phi) is 3.38. The first-order chi connectivity index (χ1) is 6.86. The topological polar surface area (TPSA) is 3.24 Å². The maximum atomic E-state index is 2.43. The van der Waals surface area contributed by atoms with Crippen molar-refractivity contribution in [3.8, 4) is 0 Å². The van der Waals surface area contributed by atoms with Gasteiger partial charge in [0.15, 0.2) is 0 Å². The Morgan fingerprint density at radius 2 is 2.29 bits per heavy atom. The van der Waals surface area contributed by atoms with Gasteiger partial charge in [0.25, 0.3) is 0 Å². The fourth-order valence-corrected chi connectivity index (χ4v) is 2.75. The van der Waals surface area contributed by atoms with Gasteiger partial charge in [-0.2, -0.15) is 0 Å². The SMILES string of the molecule is CN1CCCC/C=C/c2ccsc2C1. The highest BCUT2D eigenvalue weighted by molar-refractivity contribution is 7.10. The summed E-state index contributed by atoms with van der Waals surface area (Å²) in [6, 6.07) is 2.23. The predicted octanol–water partition coefficient (Wildman–Crippen LogP) is 3.38. The fraction of sp³-hybridized carbons (Fsp3) is 0.500. The minimum absolute atomic E-state index is 1.11. The molecule has 0 saturated carbocycles. The van der Waals surface area contributed by atoms with E-state index in [4.69, 9.17) is 0 Å². The molecule has 2 rings (SSSR count). The van der Waals surface area contributed by atoms with Gasteiger partial charge in [0, 0.05) is 11.4 Å². The van der Waals surface area contributed by atoms with E-state index in [0.717, 1.165) is 6.54 Å². The molecule has 0 unspecified atom stereocenters. The second-order valence-electron chi connectivity index (χ2n) is 3.94. The summed E-state index contributed by atoms with van der Waals surface area (Å²) in [5.41, 5.74) is 1.42. The van der Waals surface area contributed by atoms with Crippen LogP contribution in [-0.2, 0) is 6.54 Å². The smallest absolute Gasteiger partial charge is 0.0330 e. The van der Waals surface area contributed by atoms with E-state index in [1.807, 2.05) is 11.3 Å². The van der Waals surface area contributed by atoms with Crippen molar-refractivity contribution in [1.82, 2.24) is 4.90 Å². The van der Waals surface area contributed by atoms with Crippen LogP contribution in [0.4, 0.5) is 0 Å². The van der Waals surface area contributed by atoms with E-state index in [1.165, 1.54) is 36.2 Å². The molecule has 1 aliphatic heterocycles. The van der Waals surface area contributed by atoms with E-state index in [-0.39, 0.29) is 0 Å². The number of thiophene rings is 1. The maximum absolute atomic E-state index is 2.43. The molecule has 76 valence electrons. The lowest BCUT2D eigenvalue weighted by molar-refractivity contribution is 0.321. The molecular formula is C12H17NS. The Hall–Kier alpha value is -0.600. The van der Waals surface area contributed by atoms with Crippen LogP contribution in [0.25, 0.3) is 6.08 Å². The summed E-state index contributed by atoms with van der Waals surface area (Å²) in [5, 5.41) is 2.20. The number of nitrogens with zero attached hydrogens (tertiary/aromatic N) is 1. The zero-order valence-electron chi connectivity index (χ0n) is 8.70. The fourth-order valence-electron chi connectivity index (χ4n) is 1.81. The van der Waals surface area contributed by atoms with Crippen molar-refractivity contribution in [1.29, 1.82) is 0 Å². The van der Waals surface area contributed by atoms with Crippen molar-refractivity contribution >= 4 is 17.4 Å². The molecule has 0 aromatic carbocycles. The van der Waals surface area contributed by atoms with Gasteiger partial charge in [0.05, 0.1) is 0 Å². The van der Waals surface area contributed by atoms with Gasteiger partial charge in [-0.15, -0.1) is 11.3 Å². The van der Waals surface area contributed by atoms with Gasteiger partial charge in [-0.25, -0.2) is 0 Å². The van der Waals surface area contributed by atoms with Crippen molar-refractivity contribution in [3.63, 3.8) is 0 Å². The number of fused-ring (bicyclic) bond motifs is 1. The highest BCUT2D eigenvalue weighted by atomic mass is 32.1. The average Bonchev–Trinajstić information content (AvgIpc) is 2.59. The highest BCUT2D eigenvalue weighted by Gasteiger charge is 2.06. The summed E-state index contributed by atoms with van der Waals surface area (Å²) in [7, 11) is 2.22. The van der Waals surface area contributed by atoms with Gasteiger partial charge in [0.1, 0.15) is 0 Å².